The molecule has 0 fully saturated rings. The first-order chi connectivity index (χ1) is 8.09. The van der Waals surface area contributed by atoms with Gasteiger partial charge in [0.05, 0.1) is 5.52 Å². The van der Waals surface area contributed by atoms with Crippen LogP contribution in [-0.4, -0.2) is 11.5 Å². The molecular weight excluding hydrogens is 215 g/mol. The fourth-order valence-corrected chi connectivity index (χ4v) is 2.12. The number of benzene rings is 1. The Bertz CT molecular complexity index is 519. The molecule has 0 amide bonds. The Labute approximate surface area is 101 Å². The van der Waals surface area contributed by atoms with Gasteiger partial charge in [0.15, 0.2) is 5.67 Å². The minimum absolute atomic E-state index is 0.0152. The summed E-state index contributed by atoms with van der Waals surface area (Å²) < 4.78 is 15.0. The minimum Gasteiger partial charge on any atom is -0.327 e. The third-order valence-electron chi connectivity index (χ3n) is 3.31. The summed E-state index contributed by atoms with van der Waals surface area (Å²) in [5.74, 6) is -0.168. The lowest BCUT2D eigenvalue weighted by molar-refractivity contribution is 0.111. The van der Waals surface area contributed by atoms with E-state index >= 15 is 0 Å². The highest BCUT2D eigenvalue weighted by Crippen LogP contribution is 2.36. The van der Waals surface area contributed by atoms with Gasteiger partial charge in [-0.3, -0.25) is 4.98 Å². The summed E-state index contributed by atoms with van der Waals surface area (Å²) in [6.07, 6.45) is 1.71. The third-order valence-corrected chi connectivity index (χ3v) is 3.31. The zero-order valence-electron chi connectivity index (χ0n) is 10.2. The maximum absolute atomic E-state index is 15.0. The van der Waals surface area contributed by atoms with Crippen molar-refractivity contribution < 1.29 is 4.39 Å². The van der Waals surface area contributed by atoms with Crippen LogP contribution in [0.1, 0.15) is 19.4 Å². The Morgan fingerprint density at radius 1 is 1.29 bits per heavy atom. The number of aromatic nitrogens is 1. The number of hydrogen-bond donors (Lipinski definition) is 1. The predicted molar refractivity (Wildman–Crippen MR) is 68.4 cm³/mol. The predicted octanol–water partition coefficient (Wildman–Crippen LogP) is 3.01. The van der Waals surface area contributed by atoms with E-state index in [1.807, 2.05) is 38.1 Å². The van der Waals surface area contributed by atoms with Crippen LogP contribution in [0.2, 0.25) is 0 Å². The summed E-state index contributed by atoms with van der Waals surface area (Å²) in [6.45, 7) is 3.68. The SMILES string of the molecule is CC(C)C(F)(CN)c1cccc2ncccc12. The van der Waals surface area contributed by atoms with Crippen molar-refractivity contribution in [2.75, 3.05) is 6.54 Å². The quantitative estimate of drug-likeness (QED) is 0.883. The standard InChI is InChI=1S/C14H17FN2/c1-10(2)14(15,9-16)12-6-3-7-13-11(12)5-4-8-17-13/h3-8,10H,9,16H2,1-2H3. The maximum atomic E-state index is 15.0. The van der Waals surface area contributed by atoms with Crippen molar-refractivity contribution >= 4 is 10.9 Å². The number of fused-ring (bicyclic) bond motifs is 1. The molecule has 1 aromatic heterocycles. The summed E-state index contributed by atoms with van der Waals surface area (Å²) in [5.41, 5.74) is 5.58. The number of nitrogens with zero attached hydrogens (tertiary/aromatic N) is 1. The first kappa shape index (κ1) is 12.0. The van der Waals surface area contributed by atoms with E-state index in [2.05, 4.69) is 4.98 Å². The van der Waals surface area contributed by atoms with Crippen molar-refractivity contribution in [1.29, 1.82) is 0 Å². The Hall–Kier alpha value is -1.48. The summed E-state index contributed by atoms with van der Waals surface area (Å²) in [5, 5.41) is 0.844. The van der Waals surface area contributed by atoms with Crippen LogP contribution in [0.4, 0.5) is 4.39 Å². The average Bonchev–Trinajstić information content (AvgIpc) is 2.37. The van der Waals surface area contributed by atoms with Gasteiger partial charge in [0.25, 0.3) is 0 Å². The van der Waals surface area contributed by atoms with Crippen LogP contribution >= 0.6 is 0 Å². The van der Waals surface area contributed by atoms with Gasteiger partial charge in [0.2, 0.25) is 0 Å². The molecule has 2 rings (SSSR count). The Morgan fingerprint density at radius 3 is 2.71 bits per heavy atom. The lowest BCUT2D eigenvalue weighted by atomic mass is 9.83. The fraction of sp³-hybridized carbons (Fsp3) is 0.357. The summed E-state index contributed by atoms with van der Waals surface area (Å²) >= 11 is 0. The van der Waals surface area contributed by atoms with Gasteiger partial charge < -0.3 is 5.73 Å². The van der Waals surface area contributed by atoms with Crippen molar-refractivity contribution in [2.45, 2.75) is 19.5 Å². The Morgan fingerprint density at radius 2 is 2.06 bits per heavy atom. The van der Waals surface area contributed by atoms with Gasteiger partial charge in [-0.25, -0.2) is 4.39 Å². The van der Waals surface area contributed by atoms with E-state index in [1.54, 1.807) is 12.3 Å². The van der Waals surface area contributed by atoms with E-state index in [0.717, 1.165) is 10.9 Å². The molecule has 1 atom stereocenters. The highest BCUT2D eigenvalue weighted by atomic mass is 19.1. The number of alkyl halides is 1. The maximum Gasteiger partial charge on any atom is 0.151 e. The molecule has 17 heavy (non-hydrogen) atoms. The van der Waals surface area contributed by atoms with E-state index in [1.165, 1.54) is 0 Å². The van der Waals surface area contributed by atoms with Crippen molar-refractivity contribution in [2.24, 2.45) is 11.7 Å². The first-order valence-corrected chi connectivity index (χ1v) is 5.83. The second-order valence-electron chi connectivity index (χ2n) is 4.60. The van der Waals surface area contributed by atoms with E-state index in [0.29, 0.717) is 5.56 Å². The molecule has 0 saturated heterocycles. The van der Waals surface area contributed by atoms with Crippen molar-refractivity contribution in [3.63, 3.8) is 0 Å². The molecule has 2 nitrogen and oxygen atoms in total. The number of rotatable bonds is 3. The molecule has 2 aromatic rings. The average molecular weight is 232 g/mol. The zero-order chi connectivity index (χ0) is 12.5. The number of hydrogen-bond acceptors (Lipinski definition) is 2. The third kappa shape index (κ3) is 1.91. The van der Waals surface area contributed by atoms with Crippen LogP contribution in [0, 0.1) is 5.92 Å². The number of pyridine rings is 1. The molecule has 2 N–H and O–H groups in total. The van der Waals surface area contributed by atoms with Crippen LogP contribution < -0.4 is 5.73 Å². The van der Waals surface area contributed by atoms with E-state index < -0.39 is 5.67 Å². The summed E-state index contributed by atoms with van der Waals surface area (Å²) in [7, 11) is 0. The molecule has 90 valence electrons. The second-order valence-corrected chi connectivity index (χ2v) is 4.60. The molecular formula is C14H17FN2. The van der Waals surface area contributed by atoms with Crippen molar-refractivity contribution in [3.05, 3.63) is 42.1 Å². The van der Waals surface area contributed by atoms with Crippen LogP contribution in [-0.2, 0) is 5.67 Å². The molecule has 3 heteroatoms. The lowest BCUT2D eigenvalue weighted by Crippen LogP contribution is -2.35. The van der Waals surface area contributed by atoms with Gasteiger partial charge in [0, 0.05) is 18.1 Å². The Kier molecular flexibility index (Phi) is 3.11. The molecule has 1 aromatic carbocycles. The molecule has 0 aliphatic carbocycles. The van der Waals surface area contributed by atoms with Crippen LogP contribution in [0.15, 0.2) is 36.5 Å². The normalized spacial score (nSPS) is 15.1. The fourth-order valence-electron chi connectivity index (χ4n) is 2.12. The van der Waals surface area contributed by atoms with Gasteiger partial charge in [-0.2, -0.15) is 0 Å². The minimum atomic E-state index is -1.50. The molecule has 0 saturated carbocycles. The molecule has 0 spiro atoms. The summed E-state index contributed by atoms with van der Waals surface area (Å²) in [4.78, 5) is 4.24. The lowest BCUT2D eigenvalue weighted by Gasteiger charge is -2.29. The van der Waals surface area contributed by atoms with E-state index in [-0.39, 0.29) is 12.5 Å². The van der Waals surface area contributed by atoms with Gasteiger partial charge in [0.1, 0.15) is 0 Å². The highest BCUT2D eigenvalue weighted by Gasteiger charge is 2.35. The first-order valence-electron chi connectivity index (χ1n) is 5.83. The van der Waals surface area contributed by atoms with Crippen molar-refractivity contribution in [3.8, 4) is 0 Å². The van der Waals surface area contributed by atoms with Gasteiger partial charge in [-0.15, -0.1) is 0 Å². The largest absolute Gasteiger partial charge is 0.327 e. The Balaban J connectivity index is 2.70. The van der Waals surface area contributed by atoms with E-state index in [9.17, 15) is 4.39 Å². The molecule has 1 heterocycles. The molecule has 1 unspecified atom stereocenters. The van der Waals surface area contributed by atoms with Crippen molar-refractivity contribution in [1.82, 2.24) is 4.98 Å². The monoisotopic (exact) mass is 232 g/mol. The topological polar surface area (TPSA) is 38.9 Å². The smallest absolute Gasteiger partial charge is 0.151 e. The molecule has 0 aliphatic heterocycles. The van der Waals surface area contributed by atoms with E-state index in [4.69, 9.17) is 5.73 Å². The van der Waals surface area contributed by atoms with Crippen LogP contribution in [0.5, 0.6) is 0 Å². The zero-order valence-corrected chi connectivity index (χ0v) is 10.2. The second kappa shape index (κ2) is 4.41. The number of halogens is 1. The molecule has 0 radical (unpaired) electrons. The highest BCUT2D eigenvalue weighted by molar-refractivity contribution is 5.83. The molecule has 0 aliphatic rings. The van der Waals surface area contributed by atoms with Gasteiger partial charge in [-0.1, -0.05) is 32.0 Å². The van der Waals surface area contributed by atoms with Crippen LogP contribution in [0.3, 0.4) is 0 Å². The summed E-state index contributed by atoms with van der Waals surface area (Å²) in [6, 6.07) is 9.23. The van der Waals surface area contributed by atoms with Crippen LogP contribution in [0.25, 0.3) is 10.9 Å². The molecule has 0 bridgehead atoms. The van der Waals surface area contributed by atoms with Gasteiger partial charge in [-0.05, 0) is 23.6 Å². The van der Waals surface area contributed by atoms with Gasteiger partial charge >= 0.3 is 0 Å². The number of nitrogens with two attached hydrogens (primary N) is 1.